The maximum Gasteiger partial charge on any atom is 0.252 e. The Kier molecular flexibility index (Phi) is 10.4. The largest absolute Gasteiger partial charge is 0.334 e. The van der Waals surface area contributed by atoms with Crippen LogP contribution in [0, 0.1) is 6.92 Å². The second-order valence-electron chi connectivity index (χ2n) is 24.5. The van der Waals surface area contributed by atoms with Crippen LogP contribution in [0.1, 0.15) is 168 Å². The van der Waals surface area contributed by atoms with Crippen molar-refractivity contribution in [3.63, 3.8) is 0 Å². The number of aryl methyl sites for hydroxylation is 1. The van der Waals surface area contributed by atoms with Crippen LogP contribution in [0.25, 0.3) is 0 Å². The molecule has 0 spiro atoms. The van der Waals surface area contributed by atoms with E-state index in [4.69, 9.17) is 0 Å². The van der Waals surface area contributed by atoms with E-state index >= 15 is 0 Å². The highest BCUT2D eigenvalue weighted by molar-refractivity contribution is 7.00. The Hall–Kier alpha value is -5.22. The first kappa shape index (κ1) is 44.6. The standard InChI is InChI=1S/C62H74BN3/c1-40(2)42-19-31-52-49(37-42)61(13)33-17-15-16-18-34-62(61,14)66(52)48-29-30-50-54(39-48)65(47-27-22-44(23-28-47)59(7,8)9)56-36-41(3)35-55-57(56)63(50)51-38-45(60(10,11)12)24-32-53(51)64(55)46-25-20-43(21-26-46)58(4,5)6/h19-32,35-40H,15-18,33-34H2,1-14H3. The zero-order chi connectivity index (χ0) is 46.9. The molecule has 1 saturated carbocycles. The molecule has 3 aliphatic heterocycles. The molecule has 4 aliphatic rings. The summed E-state index contributed by atoms with van der Waals surface area (Å²) >= 11 is 0. The third kappa shape index (κ3) is 6.97. The number of rotatable bonds is 4. The summed E-state index contributed by atoms with van der Waals surface area (Å²) in [5, 5.41) is 0. The lowest BCUT2D eigenvalue weighted by Gasteiger charge is -2.49. The van der Waals surface area contributed by atoms with Crippen molar-refractivity contribution in [1.82, 2.24) is 0 Å². The molecule has 4 heteroatoms. The first-order valence-electron chi connectivity index (χ1n) is 25.3. The van der Waals surface area contributed by atoms with Crippen molar-refractivity contribution in [2.24, 2.45) is 0 Å². The molecule has 0 radical (unpaired) electrons. The van der Waals surface area contributed by atoms with Crippen LogP contribution >= 0.6 is 0 Å². The van der Waals surface area contributed by atoms with E-state index < -0.39 is 0 Å². The molecule has 0 saturated heterocycles. The van der Waals surface area contributed by atoms with Crippen molar-refractivity contribution >= 4 is 68.6 Å². The normalized spacial score (nSPS) is 20.3. The van der Waals surface area contributed by atoms with Gasteiger partial charge in [0.25, 0.3) is 6.71 Å². The average Bonchev–Trinajstić information content (AvgIpc) is 3.43. The lowest BCUT2D eigenvalue weighted by atomic mass is 9.33. The van der Waals surface area contributed by atoms with Gasteiger partial charge in [0.2, 0.25) is 0 Å². The summed E-state index contributed by atoms with van der Waals surface area (Å²) in [4.78, 5) is 8.01. The zero-order valence-corrected chi connectivity index (χ0v) is 42.7. The van der Waals surface area contributed by atoms with E-state index in [1.807, 2.05) is 0 Å². The van der Waals surface area contributed by atoms with Gasteiger partial charge in [-0.2, -0.15) is 0 Å². The number of hydrogen-bond acceptors (Lipinski definition) is 3. The van der Waals surface area contributed by atoms with Crippen LogP contribution in [0.2, 0.25) is 0 Å². The second-order valence-corrected chi connectivity index (χ2v) is 24.5. The van der Waals surface area contributed by atoms with Crippen molar-refractivity contribution in [2.45, 2.75) is 169 Å². The highest BCUT2D eigenvalue weighted by atomic mass is 15.3. The summed E-state index contributed by atoms with van der Waals surface area (Å²) in [6.07, 6.45) is 7.56. The molecule has 2 atom stereocenters. The van der Waals surface area contributed by atoms with E-state index in [2.05, 4.69) is 227 Å². The van der Waals surface area contributed by atoms with Crippen molar-refractivity contribution < 1.29 is 0 Å². The predicted octanol–water partition coefficient (Wildman–Crippen LogP) is 15.6. The molecule has 3 heterocycles. The summed E-state index contributed by atoms with van der Waals surface area (Å²) in [6, 6.07) is 46.3. The Morgan fingerprint density at radius 1 is 0.485 bits per heavy atom. The van der Waals surface area contributed by atoms with Crippen LogP contribution in [0.15, 0.2) is 115 Å². The fourth-order valence-electron chi connectivity index (χ4n) is 12.4. The van der Waals surface area contributed by atoms with E-state index in [-0.39, 0.29) is 33.9 Å². The van der Waals surface area contributed by atoms with E-state index in [1.54, 1.807) is 5.56 Å². The molecule has 3 nitrogen and oxygen atoms in total. The van der Waals surface area contributed by atoms with Gasteiger partial charge in [0.1, 0.15) is 0 Å². The molecular formula is C62H74BN3. The van der Waals surface area contributed by atoms with Gasteiger partial charge >= 0.3 is 0 Å². The van der Waals surface area contributed by atoms with Gasteiger partial charge in [0, 0.05) is 50.9 Å². The molecule has 6 aromatic carbocycles. The summed E-state index contributed by atoms with van der Waals surface area (Å²) in [5.41, 5.74) is 22.7. The van der Waals surface area contributed by atoms with Gasteiger partial charge in [0.15, 0.2) is 0 Å². The fraction of sp³-hybridized carbons (Fsp3) is 0.419. The SMILES string of the molecule is Cc1cc2c3c(c1)N(c1ccc(C(C)(C)C)cc1)c1cc(N4c5ccc(C(C)C)cc5C5(C)CCCCCCC45C)ccc1B3c1cc(C(C)(C)C)ccc1N2c1ccc(C(C)(C)C)cc1. The van der Waals surface area contributed by atoms with E-state index in [0.29, 0.717) is 5.92 Å². The van der Waals surface area contributed by atoms with Gasteiger partial charge in [-0.25, -0.2) is 0 Å². The minimum Gasteiger partial charge on any atom is -0.334 e. The van der Waals surface area contributed by atoms with Gasteiger partial charge in [-0.15, -0.1) is 0 Å². The third-order valence-electron chi connectivity index (χ3n) is 16.6. The maximum atomic E-state index is 2.81. The Morgan fingerprint density at radius 2 is 1.00 bits per heavy atom. The van der Waals surface area contributed by atoms with Crippen LogP contribution in [0.5, 0.6) is 0 Å². The average molecular weight is 872 g/mol. The first-order valence-corrected chi connectivity index (χ1v) is 25.3. The van der Waals surface area contributed by atoms with E-state index in [1.165, 1.54) is 128 Å². The summed E-state index contributed by atoms with van der Waals surface area (Å²) in [5.74, 6) is 0.485. The quantitative estimate of drug-likeness (QED) is 0.163. The van der Waals surface area contributed by atoms with Crippen molar-refractivity contribution in [2.75, 3.05) is 14.7 Å². The molecule has 6 aromatic rings. The van der Waals surface area contributed by atoms with Gasteiger partial charge in [-0.05, 0) is 159 Å². The molecule has 0 bridgehead atoms. The van der Waals surface area contributed by atoms with Crippen LogP contribution in [-0.2, 0) is 21.7 Å². The highest BCUT2D eigenvalue weighted by Crippen LogP contribution is 2.60. The van der Waals surface area contributed by atoms with Gasteiger partial charge in [-0.3, -0.25) is 0 Å². The minimum atomic E-state index is -0.0722. The molecule has 1 fully saturated rings. The van der Waals surface area contributed by atoms with Crippen LogP contribution in [0.3, 0.4) is 0 Å². The van der Waals surface area contributed by atoms with Crippen LogP contribution in [0.4, 0.5) is 45.5 Å². The monoisotopic (exact) mass is 872 g/mol. The summed E-state index contributed by atoms with van der Waals surface area (Å²) in [6.45, 7) is 33.2. The molecule has 2 unspecified atom stereocenters. The predicted molar refractivity (Wildman–Crippen MR) is 287 cm³/mol. The molecule has 10 rings (SSSR count). The molecule has 0 aromatic heterocycles. The molecule has 340 valence electrons. The molecule has 0 amide bonds. The van der Waals surface area contributed by atoms with Crippen LogP contribution in [-0.4, -0.2) is 12.3 Å². The summed E-state index contributed by atoms with van der Waals surface area (Å²) in [7, 11) is 0. The van der Waals surface area contributed by atoms with Gasteiger partial charge in [-0.1, -0.05) is 163 Å². The fourth-order valence-corrected chi connectivity index (χ4v) is 12.4. The Bertz CT molecular complexity index is 2850. The third-order valence-corrected chi connectivity index (χ3v) is 16.6. The zero-order valence-electron chi connectivity index (χ0n) is 42.7. The topological polar surface area (TPSA) is 9.72 Å². The Morgan fingerprint density at radius 3 is 1.56 bits per heavy atom. The van der Waals surface area contributed by atoms with Crippen molar-refractivity contribution in [3.8, 4) is 0 Å². The van der Waals surface area contributed by atoms with Crippen LogP contribution < -0.4 is 31.1 Å². The van der Waals surface area contributed by atoms with Crippen molar-refractivity contribution in [1.29, 1.82) is 0 Å². The van der Waals surface area contributed by atoms with E-state index in [9.17, 15) is 0 Å². The number of anilines is 8. The highest BCUT2D eigenvalue weighted by Gasteiger charge is 2.57. The number of benzene rings is 6. The van der Waals surface area contributed by atoms with Crippen molar-refractivity contribution in [3.05, 3.63) is 149 Å². The lowest BCUT2D eigenvalue weighted by molar-refractivity contribution is 0.217. The lowest BCUT2D eigenvalue weighted by Crippen LogP contribution is -2.61. The number of nitrogens with zero attached hydrogens (tertiary/aromatic N) is 3. The molecule has 1 aliphatic carbocycles. The minimum absolute atomic E-state index is 0.00887. The Balaban J connectivity index is 1.25. The first-order chi connectivity index (χ1) is 31.1. The number of hydrogen-bond donors (Lipinski definition) is 0. The molecule has 66 heavy (non-hydrogen) atoms. The maximum absolute atomic E-state index is 2.81. The number of fused-ring (bicyclic) bond motifs is 7. The Labute approximate surface area is 398 Å². The summed E-state index contributed by atoms with van der Waals surface area (Å²) < 4.78 is 0. The smallest absolute Gasteiger partial charge is 0.252 e. The molecular weight excluding hydrogens is 798 g/mol. The van der Waals surface area contributed by atoms with Gasteiger partial charge < -0.3 is 14.7 Å². The second kappa shape index (κ2) is 15.4. The van der Waals surface area contributed by atoms with E-state index in [0.717, 1.165) is 0 Å². The molecule has 0 N–H and O–H groups in total. The van der Waals surface area contributed by atoms with Gasteiger partial charge in [0.05, 0.1) is 5.54 Å².